The van der Waals surface area contributed by atoms with Crippen LogP contribution in [0.1, 0.15) is 5.56 Å². The Kier molecular flexibility index (Phi) is 5.40. The fraction of sp³-hybridized carbons (Fsp3) is 0.105. The van der Waals surface area contributed by atoms with Crippen molar-refractivity contribution in [3.05, 3.63) is 56.9 Å². The number of nitrogens with one attached hydrogen (secondary N) is 1. The second-order valence-electron chi connectivity index (χ2n) is 6.03. The summed E-state index contributed by atoms with van der Waals surface area (Å²) >= 11 is 12.8. The Labute approximate surface area is 179 Å². The third kappa shape index (κ3) is 4.05. The zero-order valence-electron chi connectivity index (χ0n) is 14.6. The van der Waals surface area contributed by atoms with E-state index in [0.717, 1.165) is 16.7 Å². The normalized spacial score (nSPS) is 16.6. The van der Waals surface area contributed by atoms with Gasteiger partial charge in [-0.15, -0.1) is 0 Å². The minimum absolute atomic E-state index is 0.118. The Hall–Kier alpha value is -2.68. The maximum atomic E-state index is 12.6. The van der Waals surface area contributed by atoms with Crippen molar-refractivity contribution in [3.63, 3.8) is 0 Å². The molecule has 2 aliphatic heterocycles. The van der Waals surface area contributed by atoms with Crippen LogP contribution in [0.25, 0.3) is 6.08 Å². The molecule has 3 amide bonds. The molecule has 4 rings (SSSR count). The number of fused-ring (bicyclic) bond motifs is 1. The van der Waals surface area contributed by atoms with Gasteiger partial charge in [-0.3, -0.25) is 19.3 Å². The van der Waals surface area contributed by atoms with Crippen molar-refractivity contribution in [2.45, 2.75) is 0 Å². The average Bonchev–Trinajstić information content (AvgIpc) is 3.25. The number of nitrogens with zero attached hydrogens (tertiary/aromatic N) is 1. The van der Waals surface area contributed by atoms with E-state index in [1.807, 2.05) is 0 Å². The van der Waals surface area contributed by atoms with Crippen LogP contribution >= 0.6 is 35.0 Å². The summed E-state index contributed by atoms with van der Waals surface area (Å²) in [7, 11) is 0. The van der Waals surface area contributed by atoms with Gasteiger partial charge in [0.25, 0.3) is 11.1 Å². The van der Waals surface area contributed by atoms with Crippen LogP contribution in [0, 0.1) is 0 Å². The molecule has 0 unspecified atom stereocenters. The molecule has 0 aromatic heterocycles. The molecule has 1 fully saturated rings. The SMILES string of the molecule is O=C(CN1C(=O)S/C(=C/c2cccc(Cl)c2Cl)C1=O)Nc1ccc2c(c1)OCO2. The summed E-state index contributed by atoms with van der Waals surface area (Å²) in [5.41, 5.74) is 0.974. The van der Waals surface area contributed by atoms with Gasteiger partial charge in [-0.1, -0.05) is 35.3 Å². The molecule has 0 aliphatic carbocycles. The molecule has 2 aromatic carbocycles. The van der Waals surface area contributed by atoms with Gasteiger partial charge in [0, 0.05) is 11.8 Å². The highest BCUT2D eigenvalue weighted by atomic mass is 35.5. The number of hydrogen-bond acceptors (Lipinski definition) is 6. The van der Waals surface area contributed by atoms with Crippen molar-refractivity contribution in [2.24, 2.45) is 0 Å². The van der Waals surface area contributed by atoms with Gasteiger partial charge in [0.05, 0.1) is 15.0 Å². The number of carbonyl (C=O) groups excluding carboxylic acids is 3. The van der Waals surface area contributed by atoms with Crippen LogP contribution in [0.4, 0.5) is 10.5 Å². The molecule has 1 N–H and O–H groups in total. The van der Waals surface area contributed by atoms with Crippen LogP contribution < -0.4 is 14.8 Å². The predicted molar refractivity (Wildman–Crippen MR) is 110 cm³/mol. The average molecular weight is 451 g/mol. The standard InChI is InChI=1S/C19H12Cl2N2O5S/c20-12-3-1-2-10(17(12)21)6-15-18(25)23(19(26)29-15)8-16(24)22-11-4-5-13-14(7-11)28-9-27-13/h1-7H,8-9H2,(H,22,24)/b15-6+. The third-order valence-electron chi connectivity index (χ3n) is 4.10. The van der Waals surface area contributed by atoms with Crippen molar-refractivity contribution in [1.29, 1.82) is 0 Å². The molecule has 0 spiro atoms. The summed E-state index contributed by atoms with van der Waals surface area (Å²) < 4.78 is 10.5. The smallest absolute Gasteiger partial charge is 0.294 e. The van der Waals surface area contributed by atoms with Crippen molar-refractivity contribution >= 4 is 63.8 Å². The van der Waals surface area contributed by atoms with E-state index in [4.69, 9.17) is 32.7 Å². The van der Waals surface area contributed by atoms with E-state index >= 15 is 0 Å². The van der Waals surface area contributed by atoms with Crippen molar-refractivity contribution in [2.75, 3.05) is 18.7 Å². The molecular weight excluding hydrogens is 439 g/mol. The number of ether oxygens (including phenoxy) is 2. The van der Waals surface area contributed by atoms with Crippen LogP contribution in [0.15, 0.2) is 41.3 Å². The summed E-state index contributed by atoms with van der Waals surface area (Å²) in [5.74, 6) is -0.000800. The first-order valence-electron chi connectivity index (χ1n) is 8.31. The number of anilines is 1. The highest BCUT2D eigenvalue weighted by Crippen LogP contribution is 2.36. The van der Waals surface area contributed by atoms with Crippen LogP contribution in [0.2, 0.25) is 10.0 Å². The number of thioether (sulfide) groups is 1. The van der Waals surface area contributed by atoms with E-state index in [2.05, 4.69) is 5.32 Å². The molecule has 0 radical (unpaired) electrons. The van der Waals surface area contributed by atoms with E-state index in [1.54, 1.807) is 36.4 Å². The van der Waals surface area contributed by atoms with Gasteiger partial charge in [-0.05, 0) is 41.6 Å². The number of carbonyl (C=O) groups is 3. The molecular formula is C19H12Cl2N2O5S. The highest BCUT2D eigenvalue weighted by Gasteiger charge is 2.36. The zero-order chi connectivity index (χ0) is 20.5. The quantitative estimate of drug-likeness (QED) is 0.694. The van der Waals surface area contributed by atoms with E-state index in [9.17, 15) is 14.4 Å². The number of hydrogen-bond donors (Lipinski definition) is 1. The monoisotopic (exact) mass is 450 g/mol. The highest BCUT2D eigenvalue weighted by molar-refractivity contribution is 8.18. The molecule has 2 heterocycles. The van der Waals surface area contributed by atoms with Gasteiger partial charge in [0.15, 0.2) is 11.5 Å². The van der Waals surface area contributed by atoms with Crippen LogP contribution in [-0.2, 0) is 9.59 Å². The number of imide groups is 1. The van der Waals surface area contributed by atoms with Gasteiger partial charge >= 0.3 is 0 Å². The lowest BCUT2D eigenvalue weighted by Crippen LogP contribution is -2.36. The maximum absolute atomic E-state index is 12.6. The number of halogens is 2. The Balaban J connectivity index is 1.46. The van der Waals surface area contributed by atoms with Gasteiger partial charge in [-0.2, -0.15) is 0 Å². The van der Waals surface area contributed by atoms with Gasteiger partial charge in [-0.25, -0.2) is 0 Å². The first-order chi connectivity index (χ1) is 13.9. The third-order valence-corrected chi connectivity index (χ3v) is 5.84. The molecule has 1 saturated heterocycles. The molecule has 29 heavy (non-hydrogen) atoms. The topological polar surface area (TPSA) is 84.9 Å². The molecule has 2 aliphatic rings. The summed E-state index contributed by atoms with van der Waals surface area (Å²) in [6.07, 6.45) is 1.48. The van der Waals surface area contributed by atoms with E-state index in [1.165, 1.54) is 6.08 Å². The minimum atomic E-state index is -0.572. The van der Waals surface area contributed by atoms with Crippen molar-refractivity contribution in [1.82, 2.24) is 4.90 Å². The molecule has 0 atom stereocenters. The fourth-order valence-corrected chi connectivity index (χ4v) is 3.92. The summed E-state index contributed by atoms with van der Waals surface area (Å²) in [4.78, 5) is 38.2. The van der Waals surface area contributed by atoms with Gasteiger partial charge in [0.1, 0.15) is 6.54 Å². The minimum Gasteiger partial charge on any atom is -0.454 e. The molecule has 10 heteroatoms. The number of benzene rings is 2. The van der Waals surface area contributed by atoms with E-state index in [-0.39, 0.29) is 16.7 Å². The first kappa shape index (κ1) is 19.6. The van der Waals surface area contributed by atoms with Crippen molar-refractivity contribution in [3.8, 4) is 11.5 Å². The first-order valence-corrected chi connectivity index (χ1v) is 9.88. The molecule has 0 saturated carbocycles. The second kappa shape index (κ2) is 7.98. The summed E-state index contributed by atoms with van der Waals surface area (Å²) in [5, 5.41) is 2.71. The van der Waals surface area contributed by atoms with Crippen LogP contribution in [0.5, 0.6) is 11.5 Å². The maximum Gasteiger partial charge on any atom is 0.294 e. The number of amides is 3. The number of rotatable bonds is 4. The Morgan fingerprint density at radius 2 is 1.97 bits per heavy atom. The molecule has 7 nitrogen and oxygen atoms in total. The lowest BCUT2D eigenvalue weighted by atomic mass is 10.2. The van der Waals surface area contributed by atoms with E-state index < -0.39 is 23.6 Å². The Bertz CT molecular complexity index is 1070. The molecule has 0 bridgehead atoms. The Morgan fingerprint density at radius 3 is 2.79 bits per heavy atom. The summed E-state index contributed by atoms with van der Waals surface area (Å²) in [6, 6.07) is 9.88. The fourth-order valence-electron chi connectivity index (χ4n) is 2.73. The van der Waals surface area contributed by atoms with Crippen molar-refractivity contribution < 1.29 is 23.9 Å². The molecule has 2 aromatic rings. The van der Waals surface area contributed by atoms with Crippen LogP contribution in [0.3, 0.4) is 0 Å². The second-order valence-corrected chi connectivity index (χ2v) is 7.81. The van der Waals surface area contributed by atoms with Gasteiger partial charge in [0.2, 0.25) is 12.7 Å². The lowest BCUT2D eigenvalue weighted by Gasteiger charge is -2.12. The van der Waals surface area contributed by atoms with Crippen LogP contribution in [-0.4, -0.2) is 35.3 Å². The largest absolute Gasteiger partial charge is 0.454 e. The molecule has 148 valence electrons. The van der Waals surface area contributed by atoms with E-state index in [0.29, 0.717) is 27.8 Å². The lowest BCUT2D eigenvalue weighted by molar-refractivity contribution is -0.127. The predicted octanol–water partition coefficient (Wildman–Crippen LogP) is 4.40. The van der Waals surface area contributed by atoms with Gasteiger partial charge < -0.3 is 14.8 Å². The zero-order valence-corrected chi connectivity index (χ0v) is 16.9. The Morgan fingerprint density at radius 1 is 1.17 bits per heavy atom. The summed E-state index contributed by atoms with van der Waals surface area (Å²) in [6.45, 7) is -0.299.